The molecule has 0 rings (SSSR count). The monoisotopic (exact) mass is 150 g/mol. The summed E-state index contributed by atoms with van der Waals surface area (Å²) in [6, 6.07) is 0. The molecule has 0 aromatic heterocycles. The van der Waals surface area contributed by atoms with Gasteiger partial charge in [0, 0.05) is 0 Å². The summed E-state index contributed by atoms with van der Waals surface area (Å²) in [6.45, 7) is 9.79. The van der Waals surface area contributed by atoms with Crippen LogP contribution in [0.1, 0.15) is 41.5 Å². The topological polar surface area (TPSA) is 20.2 Å². The van der Waals surface area contributed by atoms with E-state index in [1.165, 1.54) is 20.8 Å². The Morgan fingerprint density at radius 1 is 0.900 bits per heavy atom. The molecule has 0 aliphatic carbocycles. The molecule has 0 spiro atoms. The number of aliphatic hydroxyl groups is 1. The number of alkyl halides is 1. The van der Waals surface area contributed by atoms with E-state index in [0.29, 0.717) is 0 Å². The lowest BCUT2D eigenvalue weighted by atomic mass is 10.2. The summed E-state index contributed by atoms with van der Waals surface area (Å²) >= 11 is 0. The molecule has 0 saturated carbocycles. The van der Waals surface area contributed by atoms with Gasteiger partial charge in [-0.2, -0.15) is 0 Å². The van der Waals surface area contributed by atoms with Crippen LogP contribution in [0, 0.1) is 0 Å². The summed E-state index contributed by atoms with van der Waals surface area (Å²) in [5, 5.41) is 8.52. The van der Waals surface area contributed by atoms with E-state index in [1.807, 2.05) is 0 Å². The first-order valence-corrected chi connectivity index (χ1v) is 3.41. The van der Waals surface area contributed by atoms with Crippen molar-refractivity contribution in [3.8, 4) is 0 Å². The SMILES string of the molecule is CC(C)(C)F.CC(C)(C)O. The lowest BCUT2D eigenvalue weighted by Crippen LogP contribution is -2.10. The van der Waals surface area contributed by atoms with Gasteiger partial charge in [-0.1, -0.05) is 0 Å². The molecule has 0 heterocycles. The summed E-state index contributed by atoms with van der Waals surface area (Å²) in [6.07, 6.45) is 0. The third kappa shape index (κ3) is 31000. The number of hydrogen-bond donors (Lipinski definition) is 1. The Kier molecular flexibility index (Phi) is 4.92. The van der Waals surface area contributed by atoms with Crippen LogP contribution >= 0.6 is 0 Å². The smallest absolute Gasteiger partial charge is 0.102 e. The molecule has 0 aliphatic rings. The van der Waals surface area contributed by atoms with Crippen molar-refractivity contribution in [1.82, 2.24) is 0 Å². The molecular weight excluding hydrogens is 131 g/mol. The van der Waals surface area contributed by atoms with Gasteiger partial charge in [-0.15, -0.1) is 0 Å². The maximum Gasteiger partial charge on any atom is 0.102 e. The van der Waals surface area contributed by atoms with E-state index in [9.17, 15) is 4.39 Å². The van der Waals surface area contributed by atoms with Gasteiger partial charge < -0.3 is 5.11 Å². The Bertz CT molecular complexity index is 52.2. The van der Waals surface area contributed by atoms with Gasteiger partial charge >= 0.3 is 0 Å². The van der Waals surface area contributed by atoms with Crippen molar-refractivity contribution < 1.29 is 9.50 Å². The van der Waals surface area contributed by atoms with Crippen LogP contribution in [0.15, 0.2) is 0 Å². The lowest BCUT2D eigenvalue weighted by Gasteiger charge is -2.04. The summed E-state index contributed by atoms with van der Waals surface area (Å²) in [7, 11) is 0. The van der Waals surface area contributed by atoms with Gasteiger partial charge in [-0.25, -0.2) is 4.39 Å². The largest absolute Gasteiger partial charge is 0.391 e. The molecule has 64 valence electrons. The average molecular weight is 150 g/mol. The first kappa shape index (κ1) is 12.6. The van der Waals surface area contributed by atoms with Gasteiger partial charge in [0.05, 0.1) is 5.60 Å². The molecule has 0 aliphatic heterocycles. The highest BCUT2D eigenvalue weighted by atomic mass is 19.1. The third-order valence-corrected chi connectivity index (χ3v) is 0. The van der Waals surface area contributed by atoms with Gasteiger partial charge in [0.2, 0.25) is 0 Å². The van der Waals surface area contributed by atoms with Crippen molar-refractivity contribution in [2.45, 2.75) is 52.8 Å². The Hall–Kier alpha value is -0.110. The summed E-state index contributed by atoms with van der Waals surface area (Å²) in [4.78, 5) is 0. The standard InChI is InChI=1S/C4H9F.C4H10O/c2*1-4(2,3)5/h1-3H3;5H,1-3H3. The van der Waals surface area contributed by atoms with Crippen LogP contribution in [0.2, 0.25) is 0 Å². The third-order valence-electron chi connectivity index (χ3n) is 0. The van der Waals surface area contributed by atoms with Crippen LogP contribution in [0.5, 0.6) is 0 Å². The van der Waals surface area contributed by atoms with Gasteiger partial charge in [0.15, 0.2) is 0 Å². The summed E-state index contributed by atoms with van der Waals surface area (Å²) in [5.41, 5.74) is -1.50. The number of halogens is 1. The van der Waals surface area contributed by atoms with E-state index < -0.39 is 11.3 Å². The molecule has 2 heteroatoms. The second-order valence-corrected chi connectivity index (χ2v) is 4.24. The van der Waals surface area contributed by atoms with Crippen LogP contribution in [0.3, 0.4) is 0 Å². The molecule has 0 aromatic carbocycles. The van der Waals surface area contributed by atoms with Crippen molar-refractivity contribution in [1.29, 1.82) is 0 Å². The van der Waals surface area contributed by atoms with Crippen molar-refractivity contribution in [2.24, 2.45) is 0 Å². The fraction of sp³-hybridized carbons (Fsp3) is 1.00. The maximum absolute atomic E-state index is 11.7. The van der Waals surface area contributed by atoms with Gasteiger partial charge in [-0.05, 0) is 41.5 Å². The first-order valence-electron chi connectivity index (χ1n) is 3.41. The number of hydrogen-bond acceptors (Lipinski definition) is 1. The molecule has 0 amide bonds. The summed E-state index contributed by atoms with van der Waals surface area (Å²) in [5.74, 6) is 0. The minimum Gasteiger partial charge on any atom is -0.391 e. The van der Waals surface area contributed by atoms with Crippen molar-refractivity contribution in [2.75, 3.05) is 0 Å². The molecule has 0 bridgehead atoms. The molecule has 1 N–H and O–H groups in total. The van der Waals surface area contributed by atoms with Crippen molar-refractivity contribution in [3.05, 3.63) is 0 Å². The first-order chi connectivity index (χ1) is 4.00. The Morgan fingerprint density at radius 3 is 0.900 bits per heavy atom. The second kappa shape index (κ2) is 3.91. The molecule has 0 aromatic rings. The molecule has 0 fully saturated rings. The van der Waals surface area contributed by atoms with E-state index in [-0.39, 0.29) is 0 Å². The van der Waals surface area contributed by atoms with E-state index in [0.717, 1.165) is 0 Å². The highest BCUT2D eigenvalue weighted by molar-refractivity contribution is 4.52. The normalized spacial score (nSPS) is 12.0. The fourth-order valence-electron chi connectivity index (χ4n) is 0. The predicted molar refractivity (Wildman–Crippen MR) is 42.8 cm³/mol. The zero-order valence-electron chi connectivity index (χ0n) is 7.83. The zero-order chi connectivity index (χ0) is 9.00. The minimum atomic E-state index is -1.00. The lowest BCUT2D eigenvalue weighted by molar-refractivity contribution is 0.102. The molecule has 0 saturated heterocycles. The zero-order valence-corrected chi connectivity index (χ0v) is 7.83. The molecule has 1 nitrogen and oxygen atoms in total. The molecule has 0 atom stereocenters. The highest BCUT2D eigenvalue weighted by Gasteiger charge is 2.01. The van der Waals surface area contributed by atoms with E-state index in [1.54, 1.807) is 20.8 Å². The van der Waals surface area contributed by atoms with Crippen LogP contribution in [-0.2, 0) is 0 Å². The van der Waals surface area contributed by atoms with Crippen LogP contribution in [0.25, 0.3) is 0 Å². The quantitative estimate of drug-likeness (QED) is 0.562. The Balaban J connectivity index is 0. The van der Waals surface area contributed by atoms with Crippen LogP contribution < -0.4 is 0 Å². The van der Waals surface area contributed by atoms with E-state index in [4.69, 9.17) is 5.11 Å². The Morgan fingerprint density at radius 2 is 0.900 bits per heavy atom. The second-order valence-electron chi connectivity index (χ2n) is 4.24. The van der Waals surface area contributed by atoms with Crippen LogP contribution in [0.4, 0.5) is 4.39 Å². The maximum atomic E-state index is 11.7. The van der Waals surface area contributed by atoms with Crippen molar-refractivity contribution >= 4 is 0 Å². The highest BCUT2D eigenvalue weighted by Crippen LogP contribution is 2.02. The molecule has 10 heavy (non-hydrogen) atoms. The molecular formula is C8H19FO. The Labute approximate surface area is 63.3 Å². The van der Waals surface area contributed by atoms with Gasteiger partial charge in [-0.3, -0.25) is 0 Å². The van der Waals surface area contributed by atoms with E-state index in [2.05, 4.69) is 0 Å². The molecule has 0 unspecified atom stereocenters. The van der Waals surface area contributed by atoms with Gasteiger partial charge in [0.25, 0.3) is 0 Å². The average Bonchev–Trinajstić information content (AvgIpc) is 1.12. The fourth-order valence-corrected chi connectivity index (χ4v) is 0. The van der Waals surface area contributed by atoms with E-state index >= 15 is 0 Å². The van der Waals surface area contributed by atoms with Crippen LogP contribution in [-0.4, -0.2) is 16.4 Å². The van der Waals surface area contributed by atoms with Crippen molar-refractivity contribution in [3.63, 3.8) is 0 Å². The van der Waals surface area contributed by atoms with Gasteiger partial charge in [0.1, 0.15) is 5.67 Å². The molecule has 0 radical (unpaired) electrons. The number of rotatable bonds is 0. The summed E-state index contributed by atoms with van der Waals surface area (Å²) < 4.78 is 11.7. The minimum absolute atomic E-state index is 0.500. The predicted octanol–water partition coefficient (Wildman–Crippen LogP) is 2.53.